The highest BCUT2D eigenvalue weighted by atomic mass is 16.5. The summed E-state index contributed by atoms with van der Waals surface area (Å²) >= 11 is 0. The molecular formula is C27H36N2O4. The predicted molar refractivity (Wildman–Crippen MR) is 127 cm³/mol. The molecule has 6 nitrogen and oxygen atoms in total. The maximum Gasteiger partial charge on any atom is 0.220 e. The first-order valence-corrected chi connectivity index (χ1v) is 12.1. The van der Waals surface area contributed by atoms with Crippen molar-refractivity contribution >= 4 is 11.8 Å². The van der Waals surface area contributed by atoms with Gasteiger partial charge in [-0.15, -0.1) is 0 Å². The van der Waals surface area contributed by atoms with Gasteiger partial charge in [0.05, 0.1) is 11.9 Å². The number of carbonyl (C=O) groups excluding carboxylic acids is 2. The van der Waals surface area contributed by atoms with Crippen LogP contribution in [0.5, 0.6) is 0 Å². The molecule has 0 spiro atoms. The third kappa shape index (κ3) is 5.85. The number of hydrogen-bond donors (Lipinski definition) is 2. The summed E-state index contributed by atoms with van der Waals surface area (Å²) in [5, 5.41) is 6.26. The minimum Gasteiger partial charge on any atom is -0.469 e. The number of benzene rings is 1. The van der Waals surface area contributed by atoms with Gasteiger partial charge in [-0.3, -0.25) is 9.59 Å². The minimum absolute atomic E-state index is 0.00374. The summed E-state index contributed by atoms with van der Waals surface area (Å²) in [4.78, 5) is 24.7. The molecule has 1 aromatic carbocycles. The molecule has 6 heteroatoms. The van der Waals surface area contributed by atoms with Crippen molar-refractivity contribution in [2.45, 2.75) is 81.8 Å². The summed E-state index contributed by atoms with van der Waals surface area (Å²) in [6.45, 7) is 5.65. The van der Waals surface area contributed by atoms with Gasteiger partial charge in [0, 0.05) is 43.4 Å². The highest BCUT2D eigenvalue weighted by Crippen LogP contribution is 2.43. The number of rotatable bonds is 9. The Morgan fingerprint density at radius 1 is 1.09 bits per heavy atom. The molecule has 2 amide bonds. The Morgan fingerprint density at radius 3 is 2.58 bits per heavy atom. The highest BCUT2D eigenvalue weighted by molar-refractivity contribution is 5.80. The molecule has 2 aromatic rings. The van der Waals surface area contributed by atoms with Crippen molar-refractivity contribution in [2.24, 2.45) is 0 Å². The molecule has 2 unspecified atom stereocenters. The molecule has 0 radical (unpaired) electrons. The zero-order chi connectivity index (χ0) is 23.4. The Kier molecular flexibility index (Phi) is 6.94. The lowest BCUT2D eigenvalue weighted by Gasteiger charge is -2.45. The molecule has 2 fully saturated rings. The van der Waals surface area contributed by atoms with E-state index in [0.29, 0.717) is 32.2 Å². The van der Waals surface area contributed by atoms with Crippen LogP contribution in [0.2, 0.25) is 0 Å². The third-order valence-electron chi connectivity index (χ3n) is 7.31. The van der Waals surface area contributed by atoms with Gasteiger partial charge in [0.2, 0.25) is 11.8 Å². The monoisotopic (exact) mass is 452 g/mol. The van der Waals surface area contributed by atoms with Crippen LogP contribution in [0.1, 0.15) is 70.1 Å². The number of nitrogens with one attached hydrogen (secondary N) is 2. The van der Waals surface area contributed by atoms with Crippen LogP contribution in [-0.4, -0.2) is 36.1 Å². The van der Waals surface area contributed by atoms with E-state index in [9.17, 15) is 9.59 Å². The van der Waals surface area contributed by atoms with Gasteiger partial charge in [-0.05, 0) is 63.6 Å². The van der Waals surface area contributed by atoms with Gasteiger partial charge in [-0.1, -0.05) is 30.3 Å². The van der Waals surface area contributed by atoms with Gasteiger partial charge in [0.1, 0.15) is 5.76 Å². The quantitative estimate of drug-likeness (QED) is 0.595. The standard InChI is InChI=1S/C27H36N2O4/c1-25(2)20-26(15-18-33-25,21-7-4-3-5-8-21)14-16-28-23(30)10-12-27(13-11-24(31)29-27)19-22-9-6-17-32-22/h3-9,17H,10-16,18-20H2,1-2H3,(H,28,30)(H,29,31). The second-order valence-electron chi connectivity index (χ2n) is 10.4. The molecule has 2 atom stereocenters. The summed E-state index contributed by atoms with van der Waals surface area (Å²) in [6, 6.07) is 14.4. The summed E-state index contributed by atoms with van der Waals surface area (Å²) in [6.07, 6.45) is 7.24. The normalized spacial score (nSPS) is 26.7. The fourth-order valence-electron chi connectivity index (χ4n) is 5.68. The summed E-state index contributed by atoms with van der Waals surface area (Å²) in [5.74, 6) is 0.919. The van der Waals surface area contributed by atoms with E-state index < -0.39 is 5.54 Å². The van der Waals surface area contributed by atoms with Gasteiger partial charge in [0.15, 0.2) is 0 Å². The average molecular weight is 453 g/mol. The molecule has 3 heterocycles. The molecule has 2 aliphatic rings. The van der Waals surface area contributed by atoms with Crippen molar-refractivity contribution in [1.82, 2.24) is 10.6 Å². The number of carbonyl (C=O) groups is 2. The van der Waals surface area contributed by atoms with Gasteiger partial charge < -0.3 is 19.8 Å². The molecule has 4 rings (SSSR count). The molecular weight excluding hydrogens is 416 g/mol. The number of hydrogen-bond acceptors (Lipinski definition) is 4. The fraction of sp³-hybridized carbons (Fsp3) is 0.556. The first kappa shape index (κ1) is 23.6. The van der Waals surface area contributed by atoms with Crippen LogP contribution < -0.4 is 10.6 Å². The SMILES string of the molecule is CC1(C)CC(CCNC(=O)CCC2(Cc3ccco3)CCC(=O)N2)(c2ccccc2)CCO1. The van der Waals surface area contributed by atoms with Crippen molar-refractivity contribution in [3.05, 3.63) is 60.1 Å². The third-order valence-corrected chi connectivity index (χ3v) is 7.31. The topological polar surface area (TPSA) is 80.6 Å². The Morgan fingerprint density at radius 2 is 1.91 bits per heavy atom. The van der Waals surface area contributed by atoms with Crippen LogP contribution in [0.3, 0.4) is 0 Å². The second kappa shape index (κ2) is 9.72. The lowest BCUT2D eigenvalue weighted by atomic mass is 9.67. The van der Waals surface area contributed by atoms with E-state index in [-0.39, 0.29) is 22.8 Å². The highest BCUT2D eigenvalue weighted by Gasteiger charge is 2.42. The van der Waals surface area contributed by atoms with Crippen LogP contribution in [0.15, 0.2) is 53.1 Å². The van der Waals surface area contributed by atoms with E-state index in [0.717, 1.165) is 38.1 Å². The first-order chi connectivity index (χ1) is 15.8. The minimum atomic E-state index is -0.401. The average Bonchev–Trinajstić information content (AvgIpc) is 3.42. The van der Waals surface area contributed by atoms with E-state index >= 15 is 0 Å². The largest absolute Gasteiger partial charge is 0.469 e. The zero-order valence-corrected chi connectivity index (χ0v) is 19.8. The molecule has 0 saturated carbocycles. The Balaban J connectivity index is 1.34. The van der Waals surface area contributed by atoms with E-state index in [1.807, 2.05) is 18.2 Å². The van der Waals surface area contributed by atoms with Gasteiger partial charge in [0.25, 0.3) is 0 Å². The van der Waals surface area contributed by atoms with Crippen LogP contribution in [0.4, 0.5) is 0 Å². The smallest absolute Gasteiger partial charge is 0.220 e. The second-order valence-corrected chi connectivity index (χ2v) is 10.4. The maximum atomic E-state index is 12.8. The summed E-state index contributed by atoms with van der Waals surface area (Å²) in [7, 11) is 0. The van der Waals surface area contributed by atoms with Crippen LogP contribution in [0.25, 0.3) is 0 Å². The molecule has 2 aliphatic heterocycles. The molecule has 33 heavy (non-hydrogen) atoms. The van der Waals surface area contributed by atoms with E-state index in [1.54, 1.807) is 6.26 Å². The molecule has 178 valence electrons. The van der Waals surface area contributed by atoms with E-state index in [4.69, 9.17) is 9.15 Å². The Bertz CT molecular complexity index is 940. The number of ether oxygens (including phenoxy) is 1. The lowest BCUT2D eigenvalue weighted by molar-refractivity contribution is -0.123. The van der Waals surface area contributed by atoms with Crippen molar-refractivity contribution in [3.63, 3.8) is 0 Å². The first-order valence-electron chi connectivity index (χ1n) is 12.1. The summed E-state index contributed by atoms with van der Waals surface area (Å²) < 4.78 is 11.5. The number of furan rings is 1. The van der Waals surface area contributed by atoms with Crippen molar-refractivity contribution in [3.8, 4) is 0 Å². The predicted octanol–water partition coefficient (Wildman–Crippen LogP) is 4.28. The lowest BCUT2D eigenvalue weighted by Crippen LogP contribution is -2.46. The Labute approximate surface area is 196 Å². The summed E-state index contributed by atoms with van der Waals surface area (Å²) in [5.41, 5.74) is 0.733. The fourth-order valence-corrected chi connectivity index (χ4v) is 5.68. The van der Waals surface area contributed by atoms with Crippen LogP contribution in [0, 0.1) is 0 Å². The van der Waals surface area contributed by atoms with Gasteiger partial charge >= 0.3 is 0 Å². The molecule has 2 saturated heterocycles. The molecule has 0 bridgehead atoms. The van der Waals surface area contributed by atoms with Crippen molar-refractivity contribution in [1.29, 1.82) is 0 Å². The van der Waals surface area contributed by atoms with Crippen molar-refractivity contribution in [2.75, 3.05) is 13.2 Å². The maximum absolute atomic E-state index is 12.8. The number of amides is 2. The van der Waals surface area contributed by atoms with E-state index in [1.165, 1.54) is 5.56 Å². The Hall–Kier alpha value is -2.60. The zero-order valence-electron chi connectivity index (χ0n) is 19.8. The molecule has 1 aromatic heterocycles. The van der Waals surface area contributed by atoms with E-state index in [2.05, 4.69) is 48.7 Å². The van der Waals surface area contributed by atoms with Crippen molar-refractivity contribution < 1.29 is 18.7 Å². The molecule has 0 aliphatic carbocycles. The van der Waals surface area contributed by atoms with Gasteiger partial charge in [-0.2, -0.15) is 0 Å². The van der Waals surface area contributed by atoms with Crippen LogP contribution >= 0.6 is 0 Å². The molecule has 2 N–H and O–H groups in total. The van der Waals surface area contributed by atoms with Crippen LogP contribution in [-0.2, 0) is 26.2 Å². The van der Waals surface area contributed by atoms with Gasteiger partial charge in [-0.25, -0.2) is 0 Å².